The number of hydrogen-bond acceptors (Lipinski definition) is 4. The van der Waals surface area contributed by atoms with Gasteiger partial charge in [-0.15, -0.1) is 0 Å². The molecule has 0 aliphatic rings. The van der Waals surface area contributed by atoms with Gasteiger partial charge in [-0.25, -0.2) is 14.4 Å². The van der Waals surface area contributed by atoms with Gasteiger partial charge in [0.1, 0.15) is 11.6 Å². The molecule has 0 unspecified atom stereocenters. The quantitative estimate of drug-likeness (QED) is 0.494. The normalized spacial score (nSPS) is 10.7. The summed E-state index contributed by atoms with van der Waals surface area (Å²) < 4.78 is 13.3. The Bertz CT molecular complexity index is 1220. The van der Waals surface area contributed by atoms with Gasteiger partial charge in [-0.1, -0.05) is 24.3 Å². The summed E-state index contributed by atoms with van der Waals surface area (Å²) in [5, 5.41) is 6.85. The number of rotatable bonds is 4. The molecule has 5 nitrogen and oxygen atoms in total. The van der Waals surface area contributed by atoms with Crippen LogP contribution in [0.1, 0.15) is 21.7 Å². The number of halogens is 1. The number of para-hydroxylation sites is 1. The average molecular weight is 386 g/mol. The van der Waals surface area contributed by atoms with Crippen LogP contribution in [-0.4, -0.2) is 15.9 Å². The first-order valence-corrected chi connectivity index (χ1v) is 9.17. The fourth-order valence-corrected chi connectivity index (χ4v) is 3.08. The maximum absolute atomic E-state index is 13.3. The van der Waals surface area contributed by atoms with Crippen molar-refractivity contribution in [3.63, 3.8) is 0 Å². The second kappa shape index (κ2) is 7.67. The summed E-state index contributed by atoms with van der Waals surface area (Å²) in [6.07, 6.45) is 0. The Hall–Kier alpha value is -3.80. The van der Waals surface area contributed by atoms with Gasteiger partial charge in [-0.3, -0.25) is 4.79 Å². The Labute approximate surface area is 167 Å². The van der Waals surface area contributed by atoms with Crippen LogP contribution in [0.2, 0.25) is 0 Å². The fourth-order valence-electron chi connectivity index (χ4n) is 3.08. The Morgan fingerprint density at radius 3 is 2.55 bits per heavy atom. The molecule has 0 saturated carbocycles. The molecular formula is C23H19FN4O. The summed E-state index contributed by atoms with van der Waals surface area (Å²) >= 11 is 0. The summed E-state index contributed by atoms with van der Waals surface area (Å²) in [5.41, 5.74) is 3.77. The lowest BCUT2D eigenvalue weighted by Crippen LogP contribution is -2.17. The summed E-state index contributed by atoms with van der Waals surface area (Å²) in [6.45, 7) is 3.73. The second-order valence-electron chi connectivity index (χ2n) is 6.82. The van der Waals surface area contributed by atoms with Crippen LogP contribution in [-0.2, 0) is 0 Å². The van der Waals surface area contributed by atoms with Gasteiger partial charge in [-0.2, -0.15) is 0 Å². The van der Waals surface area contributed by atoms with Crippen molar-refractivity contribution in [1.82, 2.24) is 9.97 Å². The number of aryl methyl sites for hydroxylation is 2. The third kappa shape index (κ3) is 4.06. The van der Waals surface area contributed by atoms with E-state index in [1.807, 2.05) is 55.5 Å². The second-order valence-corrected chi connectivity index (χ2v) is 6.82. The maximum atomic E-state index is 13.3. The Kier molecular flexibility index (Phi) is 4.91. The molecule has 29 heavy (non-hydrogen) atoms. The van der Waals surface area contributed by atoms with Crippen LogP contribution in [0.4, 0.5) is 21.6 Å². The van der Waals surface area contributed by atoms with E-state index < -0.39 is 5.91 Å². The van der Waals surface area contributed by atoms with E-state index in [1.165, 1.54) is 18.2 Å². The smallest absolute Gasteiger partial charge is 0.293 e. The highest BCUT2D eigenvalue weighted by atomic mass is 19.1. The Morgan fingerprint density at radius 2 is 1.76 bits per heavy atom. The van der Waals surface area contributed by atoms with Crippen molar-refractivity contribution in [2.45, 2.75) is 13.8 Å². The molecule has 1 amide bonds. The molecule has 4 rings (SSSR count). The van der Waals surface area contributed by atoms with Crippen molar-refractivity contribution in [2.24, 2.45) is 0 Å². The van der Waals surface area contributed by atoms with Gasteiger partial charge in [0.25, 0.3) is 5.91 Å². The van der Waals surface area contributed by atoms with Crippen molar-refractivity contribution in [3.05, 3.63) is 89.5 Å². The number of carbonyl (C=O) groups excluding carboxylic acids is 1. The minimum atomic E-state index is -0.460. The van der Waals surface area contributed by atoms with E-state index in [-0.39, 0.29) is 11.6 Å². The van der Waals surface area contributed by atoms with Crippen molar-refractivity contribution in [3.8, 4) is 0 Å². The molecule has 0 spiro atoms. The largest absolute Gasteiger partial charge is 0.340 e. The van der Waals surface area contributed by atoms with E-state index >= 15 is 0 Å². The lowest BCUT2D eigenvalue weighted by molar-refractivity contribution is 0.101. The number of carbonyl (C=O) groups is 1. The molecule has 0 aliphatic heterocycles. The van der Waals surface area contributed by atoms with Gasteiger partial charge in [0.15, 0.2) is 0 Å². The molecule has 0 aliphatic carbocycles. The van der Waals surface area contributed by atoms with Crippen LogP contribution in [0, 0.1) is 19.7 Å². The number of amides is 1. The van der Waals surface area contributed by atoms with Gasteiger partial charge in [-0.05, 0) is 67.4 Å². The number of nitrogens with zero attached hydrogens (tertiary/aromatic N) is 2. The number of aromatic nitrogens is 2. The molecular weight excluding hydrogens is 367 g/mol. The molecule has 0 radical (unpaired) electrons. The van der Waals surface area contributed by atoms with E-state index in [2.05, 4.69) is 20.6 Å². The molecule has 1 aromatic heterocycles. The van der Waals surface area contributed by atoms with Crippen molar-refractivity contribution in [1.29, 1.82) is 0 Å². The third-order valence-corrected chi connectivity index (χ3v) is 4.52. The van der Waals surface area contributed by atoms with E-state index in [0.717, 1.165) is 16.6 Å². The van der Waals surface area contributed by atoms with E-state index in [1.54, 1.807) is 6.92 Å². The number of benzene rings is 3. The first kappa shape index (κ1) is 18.6. The number of hydrogen-bond donors (Lipinski definition) is 2. The van der Waals surface area contributed by atoms with Gasteiger partial charge < -0.3 is 10.6 Å². The minimum absolute atomic E-state index is 0.0302. The highest BCUT2D eigenvalue weighted by Gasteiger charge is 2.15. The number of fused-ring (bicyclic) bond motifs is 1. The van der Waals surface area contributed by atoms with Gasteiger partial charge in [0.2, 0.25) is 5.82 Å². The fraction of sp³-hybridized carbons (Fsp3) is 0.0870. The zero-order valence-electron chi connectivity index (χ0n) is 16.0. The van der Waals surface area contributed by atoms with Crippen LogP contribution >= 0.6 is 0 Å². The van der Waals surface area contributed by atoms with Crippen LogP contribution in [0.5, 0.6) is 0 Å². The number of anilines is 3. The first-order valence-electron chi connectivity index (χ1n) is 9.17. The molecule has 0 atom stereocenters. The van der Waals surface area contributed by atoms with E-state index in [4.69, 9.17) is 0 Å². The monoisotopic (exact) mass is 386 g/mol. The van der Waals surface area contributed by atoms with Gasteiger partial charge in [0, 0.05) is 16.8 Å². The lowest BCUT2D eigenvalue weighted by Gasteiger charge is -2.12. The third-order valence-electron chi connectivity index (χ3n) is 4.52. The van der Waals surface area contributed by atoms with E-state index in [0.29, 0.717) is 22.6 Å². The summed E-state index contributed by atoms with van der Waals surface area (Å²) in [4.78, 5) is 21.7. The molecule has 0 fully saturated rings. The van der Waals surface area contributed by atoms with Gasteiger partial charge >= 0.3 is 0 Å². The Morgan fingerprint density at radius 1 is 0.931 bits per heavy atom. The molecule has 4 aromatic rings. The van der Waals surface area contributed by atoms with Crippen LogP contribution in [0.15, 0.2) is 66.7 Å². The number of nitrogens with one attached hydrogen (secondary N) is 2. The highest BCUT2D eigenvalue weighted by molar-refractivity contribution is 6.04. The first-order chi connectivity index (χ1) is 14.0. The lowest BCUT2D eigenvalue weighted by atomic mass is 10.2. The molecule has 0 saturated heterocycles. The highest BCUT2D eigenvalue weighted by Crippen LogP contribution is 2.25. The molecule has 2 N–H and O–H groups in total. The topological polar surface area (TPSA) is 66.9 Å². The zero-order valence-corrected chi connectivity index (χ0v) is 16.0. The zero-order chi connectivity index (χ0) is 20.4. The Balaban J connectivity index is 1.72. The van der Waals surface area contributed by atoms with Crippen LogP contribution in [0.25, 0.3) is 10.9 Å². The van der Waals surface area contributed by atoms with E-state index in [9.17, 15) is 9.18 Å². The molecule has 144 valence electrons. The predicted molar refractivity (Wildman–Crippen MR) is 113 cm³/mol. The molecule has 1 heterocycles. The maximum Gasteiger partial charge on any atom is 0.293 e. The molecule has 0 bridgehead atoms. The van der Waals surface area contributed by atoms with Crippen molar-refractivity contribution >= 4 is 34.0 Å². The molecule has 6 heteroatoms. The summed E-state index contributed by atoms with van der Waals surface area (Å²) in [7, 11) is 0. The van der Waals surface area contributed by atoms with Gasteiger partial charge in [0.05, 0.1) is 5.52 Å². The SMILES string of the molecule is Cc1cccc(Nc2nc(C(=O)Nc3ccc(F)cc3C)nc3ccccc23)c1. The van der Waals surface area contributed by atoms with Crippen LogP contribution in [0.3, 0.4) is 0 Å². The summed E-state index contributed by atoms with van der Waals surface area (Å²) in [6, 6.07) is 19.6. The predicted octanol–water partition coefficient (Wildman–Crippen LogP) is 5.38. The van der Waals surface area contributed by atoms with Crippen molar-refractivity contribution in [2.75, 3.05) is 10.6 Å². The standard InChI is InChI=1S/C23H19FN4O/c1-14-6-5-7-17(12-14)25-21-18-8-3-4-9-20(18)26-22(28-21)23(29)27-19-11-10-16(24)13-15(19)2/h3-13H,1-2H3,(H,27,29)(H,25,26,28). The van der Waals surface area contributed by atoms with Crippen molar-refractivity contribution < 1.29 is 9.18 Å². The average Bonchev–Trinajstić information content (AvgIpc) is 2.70. The van der Waals surface area contributed by atoms with Crippen LogP contribution < -0.4 is 10.6 Å². The minimum Gasteiger partial charge on any atom is -0.340 e. The molecule has 3 aromatic carbocycles. The summed E-state index contributed by atoms with van der Waals surface area (Å²) in [5.74, 6) is -0.241.